The first-order chi connectivity index (χ1) is 11.0. The molecule has 0 atom stereocenters. The summed E-state index contributed by atoms with van der Waals surface area (Å²) in [5.74, 6) is 0.854. The van der Waals surface area contributed by atoms with Crippen LogP contribution in [0.15, 0.2) is 70.0 Å². The third-order valence-electron chi connectivity index (χ3n) is 3.37. The van der Waals surface area contributed by atoms with Gasteiger partial charge in [0.1, 0.15) is 10.6 Å². The SMILES string of the molecule is COc1ccc(S(=O)(=O)Oc2ccccc2Br)c2ccccc12. The number of benzene rings is 3. The fourth-order valence-corrected chi connectivity index (χ4v) is 3.94. The maximum Gasteiger partial charge on any atom is 0.339 e. The Labute approximate surface area is 142 Å². The summed E-state index contributed by atoms with van der Waals surface area (Å²) in [5, 5.41) is 1.27. The van der Waals surface area contributed by atoms with E-state index in [4.69, 9.17) is 8.92 Å². The van der Waals surface area contributed by atoms with Gasteiger partial charge in [-0.2, -0.15) is 8.42 Å². The Morgan fingerprint density at radius 2 is 1.48 bits per heavy atom. The van der Waals surface area contributed by atoms with Gasteiger partial charge in [0.15, 0.2) is 5.75 Å². The number of ether oxygens (including phenoxy) is 1. The molecule has 0 aliphatic carbocycles. The van der Waals surface area contributed by atoms with Crippen molar-refractivity contribution in [3.05, 3.63) is 65.1 Å². The second-order valence-corrected chi connectivity index (χ2v) is 7.15. The molecule has 0 aromatic heterocycles. The zero-order valence-electron chi connectivity index (χ0n) is 12.2. The lowest BCUT2D eigenvalue weighted by Gasteiger charge is -2.12. The monoisotopic (exact) mass is 392 g/mol. The number of fused-ring (bicyclic) bond motifs is 1. The van der Waals surface area contributed by atoms with Crippen molar-refractivity contribution in [2.75, 3.05) is 7.11 Å². The van der Waals surface area contributed by atoms with E-state index in [1.54, 1.807) is 49.6 Å². The van der Waals surface area contributed by atoms with Gasteiger partial charge >= 0.3 is 10.1 Å². The number of para-hydroxylation sites is 1. The normalized spacial score (nSPS) is 11.4. The van der Waals surface area contributed by atoms with Gasteiger partial charge in [-0.15, -0.1) is 0 Å². The Morgan fingerprint density at radius 1 is 0.826 bits per heavy atom. The lowest BCUT2D eigenvalue weighted by atomic mass is 10.1. The first-order valence-corrected chi connectivity index (χ1v) is 8.98. The van der Waals surface area contributed by atoms with Gasteiger partial charge in [-0.25, -0.2) is 0 Å². The maximum atomic E-state index is 12.7. The van der Waals surface area contributed by atoms with Crippen LogP contribution in [0, 0.1) is 0 Å². The Hall–Kier alpha value is -2.05. The lowest BCUT2D eigenvalue weighted by Crippen LogP contribution is -2.10. The minimum Gasteiger partial charge on any atom is -0.496 e. The number of hydrogen-bond acceptors (Lipinski definition) is 4. The van der Waals surface area contributed by atoms with Crippen LogP contribution in [0.25, 0.3) is 10.8 Å². The van der Waals surface area contributed by atoms with E-state index in [-0.39, 0.29) is 10.6 Å². The third-order valence-corrected chi connectivity index (χ3v) is 5.32. The second kappa shape index (κ2) is 6.22. The van der Waals surface area contributed by atoms with E-state index >= 15 is 0 Å². The van der Waals surface area contributed by atoms with Crippen LogP contribution in [-0.2, 0) is 10.1 Å². The van der Waals surface area contributed by atoms with E-state index in [1.165, 1.54) is 6.07 Å². The van der Waals surface area contributed by atoms with Crippen LogP contribution in [0.1, 0.15) is 0 Å². The number of methoxy groups -OCH3 is 1. The van der Waals surface area contributed by atoms with Crippen molar-refractivity contribution < 1.29 is 17.3 Å². The molecule has 0 saturated heterocycles. The van der Waals surface area contributed by atoms with Gasteiger partial charge in [0.05, 0.1) is 11.6 Å². The standard InChI is InChI=1S/C17H13BrO4S/c1-21-15-10-11-17(13-7-3-2-6-12(13)15)23(19,20)22-16-9-5-4-8-14(16)18/h2-11H,1H3. The van der Waals surface area contributed by atoms with Gasteiger partial charge in [0, 0.05) is 10.8 Å². The molecule has 0 fully saturated rings. The summed E-state index contributed by atoms with van der Waals surface area (Å²) in [7, 11) is -2.42. The third kappa shape index (κ3) is 3.04. The molecule has 0 spiro atoms. The molecule has 0 radical (unpaired) electrons. The van der Waals surface area contributed by atoms with E-state index in [0.717, 1.165) is 0 Å². The highest BCUT2D eigenvalue weighted by atomic mass is 79.9. The summed E-state index contributed by atoms with van der Waals surface area (Å²) in [5.41, 5.74) is 0. The van der Waals surface area contributed by atoms with Crippen molar-refractivity contribution in [1.82, 2.24) is 0 Å². The number of halogens is 1. The Bertz CT molecular complexity index is 967. The van der Waals surface area contributed by atoms with Crippen LogP contribution in [-0.4, -0.2) is 15.5 Å². The Kier molecular flexibility index (Phi) is 4.28. The molecule has 118 valence electrons. The molecular formula is C17H13BrO4S. The van der Waals surface area contributed by atoms with Crippen LogP contribution >= 0.6 is 15.9 Å². The van der Waals surface area contributed by atoms with Crippen molar-refractivity contribution in [3.63, 3.8) is 0 Å². The van der Waals surface area contributed by atoms with Crippen LogP contribution in [0.2, 0.25) is 0 Å². The van der Waals surface area contributed by atoms with Crippen LogP contribution < -0.4 is 8.92 Å². The maximum absolute atomic E-state index is 12.7. The van der Waals surface area contributed by atoms with E-state index in [1.807, 2.05) is 12.1 Å². The number of hydrogen-bond donors (Lipinski definition) is 0. The highest BCUT2D eigenvalue weighted by molar-refractivity contribution is 9.10. The first-order valence-electron chi connectivity index (χ1n) is 6.77. The van der Waals surface area contributed by atoms with Gasteiger partial charge in [-0.3, -0.25) is 0 Å². The molecule has 0 bridgehead atoms. The summed E-state index contributed by atoms with van der Waals surface area (Å²) in [4.78, 5) is 0.102. The van der Waals surface area contributed by atoms with Crippen molar-refractivity contribution in [2.24, 2.45) is 0 Å². The van der Waals surface area contributed by atoms with Crippen LogP contribution in [0.5, 0.6) is 11.5 Å². The van der Waals surface area contributed by atoms with Gasteiger partial charge in [0.25, 0.3) is 0 Å². The molecule has 3 aromatic carbocycles. The molecule has 3 rings (SSSR count). The lowest BCUT2D eigenvalue weighted by molar-refractivity contribution is 0.419. The average Bonchev–Trinajstić information content (AvgIpc) is 2.55. The van der Waals surface area contributed by atoms with E-state index in [9.17, 15) is 8.42 Å². The van der Waals surface area contributed by atoms with E-state index < -0.39 is 10.1 Å². The van der Waals surface area contributed by atoms with E-state index in [2.05, 4.69) is 15.9 Å². The average molecular weight is 393 g/mol. The summed E-state index contributed by atoms with van der Waals surface area (Å²) in [6, 6.07) is 17.1. The van der Waals surface area contributed by atoms with Gasteiger partial charge in [0.2, 0.25) is 0 Å². The molecular weight excluding hydrogens is 380 g/mol. The van der Waals surface area contributed by atoms with Crippen molar-refractivity contribution >= 4 is 36.8 Å². The minimum absolute atomic E-state index is 0.102. The van der Waals surface area contributed by atoms with Crippen molar-refractivity contribution in [2.45, 2.75) is 4.90 Å². The summed E-state index contributed by atoms with van der Waals surface area (Å²) in [6.45, 7) is 0. The minimum atomic E-state index is -3.97. The predicted molar refractivity (Wildman–Crippen MR) is 92.5 cm³/mol. The Balaban J connectivity index is 2.14. The van der Waals surface area contributed by atoms with Gasteiger partial charge < -0.3 is 8.92 Å². The molecule has 6 heteroatoms. The molecule has 3 aromatic rings. The summed E-state index contributed by atoms with van der Waals surface area (Å²) >= 11 is 3.28. The zero-order chi connectivity index (χ0) is 16.4. The fraction of sp³-hybridized carbons (Fsp3) is 0.0588. The van der Waals surface area contributed by atoms with Gasteiger partial charge in [-0.1, -0.05) is 36.4 Å². The largest absolute Gasteiger partial charge is 0.496 e. The summed E-state index contributed by atoms with van der Waals surface area (Å²) < 4.78 is 36.5. The molecule has 0 heterocycles. The first kappa shape index (κ1) is 15.8. The van der Waals surface area contributed by atoms with Crippen LogP contribution in [0.3, 0.4) is 0 Å². The summed E-state index contributed by atoms with van der Waals surface area (Å²) in [6.07, 6.45) is 0. The topological polar surface area (TPSA) is 52.6 Å². The Morgan fingerprint density at radius 3 is 2.17 bits per heavy atom. The molecule has 0 aliphatic rings. The molecule has 4 nitrogen and oxygen atoms in total. The molecule has 0 aliphatic heterocycles. The molecule has 23 heavy (non-hydrogen) atoms. The highest BCUT2D eigenvalue weighted by Crippen LogP contribution is 2.33. The molecule has 0 N–H and O–H groups in total. The highest BCUT2D eigenvalue weighted by Gasteiger charge is 2.22. The number of rotatable bonds is 4. The smallest absolute Gasteiger partial charge is 0.339 e. The molecule has 0 unspecified atom stereocenters. The zero-order valence-corrected chi connectivity index (χ0v) is 14.6. The van der Waals surface area contributed by atoms with E-state index in [0.29, 0.717) is 21.0 Å². The molecule has 0 saturated carbocycles. The van der Waals surface area contributed by atoms with Crippen molar-refractivity contribution in [1.29, 1.82) is 0 Å². The quantitative estimate of drug-likeness (QED) is 0.618. The predicted octanol–water partition coefficient (Wildman–Crippen LogP) is 4.38. The second-order valence-electron chi connectivity index (χ2n) is 4.78. The fourth-order valence-electron chi connectivity index (χ4n) is 2.32. The molecule has 0 amide bonds. The van der Waals surface area contributed by atoms with Crippen molar-refractivity contribution in [3.8, 4) is 11.5 Å². The van der Waals surface area contributed by atoms with Gasteiger partial charge in [-0.05, 0) is 40.2 Å². The van der Waals surface area contributed by atoms with Crippen LogP contribution in [0.4, 0.5) is 0 Å².